The van der Waals surface area contributed by atoms with E-state index in [9.17, 15) is 49.1 Å². The maximum absolute atomic E-state index is 14.5. The Hall–Kier alpha value is -5.14. The first-order valence-electron chi connectivity index (χ1n) is 19.6. The molecule has 4 aromatic rings. The number of aliphatic imine (C=N–C) groups is 1. The van der Waals surface area contributed by atoms with E-state index in [0.717, 1.165) is 12.1 Å². The number of hydrogen-bond donors (Lipinski definition) is 0. The Kier molecular flexibility index (Phi) is 13.0. The molecule has 0 saturated heterocycles. The Bertz CT molecular complexity index is 2050. The van der Waals surface area contributed by atoms with E-state index in [1.807, 2.05) is 0 Å². The van der Waals surface area contributed by atoms with Crippen LogP contribution in [0.4, 0.5) is 45.2 Å². The zero-order chi connectivity index (χ0) is 42.7. The number of amides is 1. The second kappa shape index (κ2) is 17.6. The highest BCUT2D eigenvalue weighted by atomic mass is 19.4. The van der Waals surface area contributed by atoms with Gasteiger partial charge in [-0.25, -0.2) is 0 Å². The number of carbonyl (C=O) groups excluding carboxylic acids is 2. The predicted octanol–water partition coefficient (Wildman–Crippen LogP) is 12.4. The van der Waals surface area contributed by atoms with Gasteiger partial charge in [-0.05, 0) is 98.9 Å². The van der Waals surface area contributed by atoms with E-state index in [1.54, 1.807) is 74.5 Å². The van der Waals surface area contributed by atoms with Crippen LogP contribution in [0.3, 0.4) is 0 Å². The molecule has 314 valence electrons. The summed E-state index contributed by atoms with van der Waals surface area (Å²) >= 11 is 0. The van der Waals surface area contributed by atoms with E-state index in [2.05, 4.69) is 0 Å². The molecule has 0 bridgehead atoms. The lowest BCUT2D eigenvalue weighted by Crippen LogP contribution is -2.48. The van der Waals surface area contributed by atoms with Gasteiger partial charge in [0.15, 0.2) is 0 Å². The van der Waals surface area contributed by atoms with Crippen LogP contribution in [0, 0.1) is 11.8 Å². The van der Waals surface area contributed by atoms with Crippen molar-refractivity contribution in [1.29, 1.82) is 0 Å². The van der Waals surface area contributed by atoms with Crippen molar-refractivity contribution in [2.24, 2.45) is 16.8 Å². The number of ether oxygens (including phenoxy) is 1. The molecule has 6 rings (SSSR count). The molecule has 1 fully saturated rings. The van der Waals surface area contributed by atoms with Crippen molar-refractivity contribution < 1.29 is 53.8 Å². The number of fused-ring (bicyclic) bond motifs is 1. The molecule has 0 spiro atoms. The van der Waals surface area contributed by atoms with E-state index >= 15 is 0 Å². The van der Waals surface area contributed by atoms with Crippen LogP contribution in [0.2, 0.25) is 0 Å². The smallest absolute Gasteiger partial charge is 0.416 e. The minimum atomic E-state index is -5.22. The number of benzene rings is 4. The summed E-state index contributed by atoms with van der Waals surface area (Å²) in [5, 5.41) is 0. The number of hydrogen-bond acceptors (Lipinski definition) is 4. The number of anilines is 1. The molecule has 1 heterocycles. The summed E-state index contributed by atoms with van der Waals surface area (Å²) in [4.78, 5) is 33.1. The first kappa shape index (κ1) is 43.4. The van der Waals surface area contributed by atoms with Crippen molar-refractivity contribution in [1.82, 2.24) is 0 Å². The van der Waals surface area contributed by atoms with Crippen LogP contribution in [0.5, 0.6) is 0 Å². The first-order valence-corrected chi connectivity index (χ1v) is 19.6. The summed E-state index contributed by atoms with van der Waals surface area (Å²) in [6, 6.07) is 18.5. The molecule has 1 amide bonds. The van der Waals surface area contributed by atoms with E-state index in [0.29, 0.717) is 48.9 Å². The largest absolute Gasteiger partial charge is 0.466 e. The predicted molar refractivity (Wildman–Crippen MR) is 205 cm³/mol. The molecule has 4 aromatic carbocycles. The summed E-state index contributed by atoms with van der Waals surface area (Å²) in [6.07, 6.45) is -13.1. The van der Waals surface area contributed by atoms with E-state index in [4.69, 9.17) is 9.73 Å². The molecular formula is C45H43F9N2O3. The number of rotatable bonds is 10. The highest BCUT2D eigenvalue weighted by Gasteiger charge is 2.45. The quantitative estimate of drug-likeness (QED) is 0.0909. The van der Waals surface area contributed by atoms with Gasteiger partial charge in [0.1, 0.15) is 0 Å². The third-order valence-corrected chi connectivity index (χ3v) is 11.3. The highest BCUT2D eigenvalue weighted by molar-refractivity contribution is 6.13. The molecule has 14 heteroatoms. The van der Waals surface area contributed by atoms with Gasteiger partial charge < -0.3 is 9.64 Å². The van der Waals surface area contributed by atoms with Crippen molar-refractivity contribution >= 4 is 23.3 Å². The molecule has 1 aliphatic carbocycles. The molecule has 59 heavy (non-hydrogen) atoms. The van der Waals surface area contributed by atoms with Gasteiger partial charge in [-0.15, -0.1) is 0 Å². The van der Waals surface area contributed by atoms with Crippen molar-refractivity contribution in [2.75, 3.05) is 11.5 Å². The number of esters is 1. The van der Waals surface area contributed by atoms with Crippen LogP contribution in [0.1, 0.15) is 110 Å². The second-order valence-corrected chi connectivity index (χ2v) is 15.1. The molecule has 0 N–H and O–H groups in total. The summed E-state index contributed by atoms with van der Waals surface area (Å²) < 4.78 is 135. The van der Waals surface area contributed by atoms with Gasteiger partial charge in [-0.1, -0.05) is 67.6 Å². The van der Waals surface area contributed by atoms with Crippen molar-refractivity contribution in [3.8, 4) is 0 Å². The van der Waals surface area contributed by atoms with Crippen LogP contribution in [-0.4, -0.2) is 30.2 Å². The molecule has 5 nitrogen and oxygen atoms in total. The normalized spacial score (nSPS) is 20.4. The average Bonchev–Trinajstić information content (AvgIpc) is 3.20. The van der Waals surface area contributed by atoms with Crippen molar-refractivity contribution in [3.05, 3.63) is 136 Å². The molecule has 1 unspecified atom stereocenters. The average molecular weight is 831 g/mol. The molecule has 3 atom stereocenters. The van der Waals surface area contributed by atoms with Gasteiger partial charge in [-0.2, -0.15) is 39.5 Å². The molecule has 2 aliphatic rings. The van der Waals surface area contributed by atoms with Gasteiger partial charge in [0.05, 0.1) is 35.1 Å². The maximum atomic E-state index is 14.5. The number of carbonyl (C=O) groups is 2. The summed E-state index contributed by atoms with van der Waals surface area (Å²) in [5.74, 6) is -2.47. The van der Waals surface area contributed by atoms with Crippen LogP contribution in [-0.2, 0) is 32.9 Å². The zero-order valence-electron chi connectivity index (χ0n) is 32.3. The third-order valence-electron chi connectivity index (χ3n) is 11.3. The number of nitrogens with zero attached hydrogens (tertiary/aromatic N) is 2. The van der Waals surface area contributed by atoms with Gasteiger partial charge in [-0.3, -0.25) is 14.6 Å². The Morgan fingerprint density at radius 2 is 1.25 bits per heavy atom. The lowest BCUT2D eigenvalue weighted by molar-refractivity contribution is -0.145. The monoisotopic (exact) mass is 830 g/mol. The summed E-state index contributed by atoms with van der Waals surface area (Å²) in [5.41, 5.74) is -3.64. The topological polar surface area (TPSA) is 59.0 Å². The highest BCUT2D eigenvalue weighted by Crippen LogP contribution is 2.51. The van der Waals surface area contributed by atoms with E-state index < -0.39 is 64.7 Å². The first-order chi connectivity index (χ1) is 27.9. The fourth-order valence-electron chi connectivity index (χ4n) is 8.38. The van der Waals surface area contributed by atoms with Crippen molar-refractivity contribution in [3.63, 3.8) is 0 Å². The van der Waals surface area contributed by atoms with Crippen LogP contribution in [0.15, 0.2) is 102 Å². The van der Waals surface area contributed by atoms with Gasteiger partial charge in [0.25, 0.3) is 0 Å². The van der Waals surface area contributed by atoms with Crippen molar-refractivity contribution in [2.45, 2.75) is 95.3 Å². The van der Waals surface area contributed by atoms with E-state index in [-0.39, 0.29) is 66.7 Å². The number of halogens is 9. The standard InChI is InChI=1S/C45H43F9N2O3/c1-3-35-26-37(36-25-32(43(46,47)48)19-20-38(36)56(35)42(58)30-17-15-27(16-18-30)21-39(57)59-4-2)41(31-22-33(44(49,50)51)24-34(23-31)45(52,53)54)55-40(28-11-7-5-8-12-28)29-13-9-6-10-14-29/h5-14,19-20,22-25,27,30,35,37,41H,3-4,15-18,21,26H2,1-2H3/t27?,30?,35-,37-,41?/m1/s1. The van der Waals surface area contributed by atoms with Gasteiger partial charge >= 0.3 is 24.5 Å². The molecule has 1 aliphatic heterocycles. The zero-order valence-corrected chi connectivity index (χ0v) is 32.3. The van der Waals surface area contributed by atoms with Crippen LogP contribution in [0.25, 0.3) is 0 Å². The van der Waals surface area contributed by atoms with E-state index in [1.165, 1.54) is 11.0 Å². The third kappa shape index (κ3) is 10.0. The fraction of sp³-hybridized carbons (Fsp3) is 0.400. The van der Waals surface area contributed by atoms with Gasteiger partial charge in [0, 0.05) is 41.1 Å². The van der Waals surface area contributed by atoms with Gasteiger partial charge in [0.2, 0.25) is 5.91 Å². The second-order valence-electron chi connectivity index (χ2n) is 15.1. The summed E-state index contributed by atoms with van der Waals surface area (Å²) in [7, 11) is 0. The van der Waals surface area contributed by atoms with Crippen LogP contribution < -0.4 is 4.90 Å². The lowest BCUT2D eigenvalue weighted by atomic mass is 9.75. The Morgan fingerprint density at radius 3 is 1.75 bits per heavy atom. The number of alkyl halides is 9. The molecule has 0 aromatic heterocycles. The minimum Gasteiger partial charge on any atom is -0.466 e. The SMILES string of the molecule is CCOC(=O)CC1CCC(C(=O)N2c3ccc(C(F)(F)F)cc3[C@H](C(N=C(c3ccccc3)c3ccccc3)c3cc(C(F)(F)F)cc(C(F)(F)F)c3)C[C@H]2CC)CC1. The minimum absolute atomic E-state index is 0.00681. The molecule has 1 saturated carbocycles. The lowest BCUT2D eigenvalue weighted by Gasteiger charge is -2.44. The fourth-order valence-corrected chi connectivity index (χ4v) is 8.38. The molecular weight excluding hydrogens is 787 g/mol. The maximum Gasteiger partial charge on any atom is 0.416 e. The molecule has 0 radical (unpaired) electrons. The Balaban J connectivity index is 1.56. The summed E-state index contributed by atoms with van der Waals surface area (Å²) in [6.45, 7) is 3.70. The van der Waals surface area contributed by atoms with Crippen LogP contribution >= 0.6 is 0 Å². The Morgan fingerprint density at radius 1 is 0.712 bits per heavy atom. The Labute approximate surface area is 336 Å².